The molecular formula is C21H23N3O2. The van der Waals surface area contributed by atoms with E-state index in [4.69, 9.17) is 10.5 Å². The van der Waals surface area contributed by atoms with Crippen molar-refractivity contribution in [1.82, 2.24) is 9.88 Å². The summed E-state index contributed by atoms with van der Waals surface area (Å²) in [6.45, 7) is 6.59. The number of hydrogen-bond donors (Lipinski definition) is 1. The summed E-state index contributed by atoms with van der Waals surface area (Å²) in [7, 11) is 0. The lowest BCUT2D eigenvalue weighted by atomic mass is 9.74. The average Bonchev–Trinajstić information content (AvgIpc) is 3.05. The van der Waals surface area contributed by atoms with Gasteiger partial charge in [0.05, 0.1) is 6.61 Å². The molecule has 1 spiro atoms. The van der Waals surface area contributed by atoms with E-state index in [1.54, 1.807) is 12.4 Å². The number of amides is 1. The second-order valence-corrected chi connectivity index (χ2v) is 7.12. The maximum absolute atomic E-state index is 12.8. The molecule has 2 N–H and O–H groups in total. The topological polar surface area (TPSA) is 68.5 Å². The fourth-order valence-electron chi connectivity index (χ4n) is 3.95. The minimum absolute atomic E-state index is 0.00701. The van der Waals surface area contributed by atoms with Crippen molar-refractivity contribution in [2.45, 2.75) is 24.8 Å². The molecule has 0 unspecified atom stereocenters. The lowest BCUT2D eigenvalue weighted by Gasteiger charge is -2.38. The van der Waals surface area contributed by atoms with E-state index >= 15 is 0 Å². The van der Waals surface area contributed by atoms with Crippen LogP contribution in [0.2, 0.25) is 0 Å². The van der Waals surface area contributed by atoms with Gasteiger partial charge in [-0.25, -0.2) is 0 Å². The van der Waals surface area contributed by atoms with Gasteiger partial charge in [0.15, 0.2) is 0 Å². The number of nitrogens with zero attached hydrogens (tertiary/aromatic N) is 2. The van der Waals surface area contributed by atoms with Gasteiger partial charge in [-0.3, -0.25) is 9.78 Å². The molecule has 0 atom stereocenters. The first-order valence-corrected chi connectivity index (χ1v) is 8.98. The normalized spacial score (nSPS) is 17.7. The first-order valence-electron chi connectivity index (χ1n) is 8.98. The molecule has 2 aliphatic heterocycles. The van der Waals surface area contributed by atoms with Crippen molar-refractivity contribution >= 4 is 11.5 Å². The summed E-state index contributed by atoms with van der Waals surface area (Å²) in [6.07, 6.45) is 5.15. The third-order valence-electron chi connectivity index (χ3n) is 5.63. The summed E-state index contributed by atoms with van der Waals surface area (Å²) in [5.41, 5.74) is 9.45. The van der Waals surface area contributed by atoms with Crippen molar-refractivity contribution in [3.8, 4) is 5.75 Å². The zero-order valence-electron chi connectivity index (χ0n) is 14.8. The highest BCUT2D eigenvalue weighted by Crippen LogP contribution is 2.46. The molecule has 3 heterocycles. The van der Waals surface area contributed by atoms with Crippen molar-refractivity contribution < 1.29 is 9.53 Å². The largest absolute Gasteiger partial charge is 0.492 e. The average molecular weight is 349 g/mol. The third-order valence-corrected chi connectivity index (χ3v) is 5.63. The second kappa shape index (κ2) is 6.57. The van der Waals surface area contributed by atoms with Crippen LogP contribution in [0.3, 0.4) is 0 Å². The fourth-order valence-corrected chi connectivity index (χ4v) is 3.95. The molecule has 1 fully saturated rings. The minimum Gasteiger partial charge on any atom is -0.492 e. The maximum atomic E-state index is 12.8. The van der Waals surface area contributed by atoms with Crippen LogP contribution in [0.25, 0.3) is 5.57 Å². The van der Waals surface area contributed by atoms with E-state index in [9.17, 15) is 4.79 Å². The fraction of sp³-hybridized carbons (Fsp3) is 0.333. The van der Waals surface area contributed by atoms with Crippen LogP contribution in [-0.2, 0) is 16.8 Å². The van der Waals surface area contributed by atoms with Crippen LogP contribution in [0.15, 0.2) is 49.3 Å². The smallest absolute Gasteiger partial charge is 0.253 e. The number of aromatic nitrogens is 1. The van der Waals surface area contributed by atoms with Gasteiger partial charge in [-0.15, -0.1) is 0 Å². The molecule has 4 rings (SSSR count). The van der Waals surface area contributed by atoms with Crippen LogP contribution in [0.5, 0.6) is 5.75 Å². The molecule has 1 aromatic carbocycles. The number of fused-ring (bicyclic) bond motifs is 2. The van der Waals surface area contributed by atoms with Gasteiger partial charge in [-0.1, -0.05) is 24.8 Å². The summed E-state index contributed by atoms with van der Waals surface area (Å²) in [5, 5.41) is 0. The Kier molecular flexibility index (Phi) is 4.24. The predicted molar refractivity (Wildman–Crippen MR) is 101 cm³/mol. The van der Waals surface area contributed by atoms with E-state index in [1.807, 2.05) is 29.2 Å². The molecule has 1 amide bonds. The van der Waals surface area contributed by atoms with Crippen LogP contribution in [0, 0.1) is 0 Å². The zero-order chi connectivity index (χ0) is 18.1. The zero-order valence-corrected chi connectivity index (χ0v) is 14.8. The van der Waals surface area contributed by atoms with Gasteiger partial charge in [-0.05, 0) is 30.5 Å². The molecule has 0 bridgehead atoms. The quantitative estimate of drug-likeness (QED) is 0.865. The number of benzene rings is 1. The summed E-state index contributed by atoms with van der Waals surface area (Å²) in [6, 6.07) is 9.91. The second-order valence-electron chi connectivity index (χ2n) is 7.12. The van der Waals surface area contributed by atoms with E-state index in [2.05, 4.69) is 17.6 Å². The summed E-state index contributed by atoms with van der Waals surface area (Å²) in [5.74, 6) is 0.949. The number of nitrogens with two attached hydrogens (primary N) is 1. The molecule has 134 valence electrons. The first kappa shape index (κ1) is 16.8. The van der Waals surface area contributed by atoms with Gasteiger partial charge in [0.1, 0.15) is 5.75 Å². The summed E-state index contributed by atoms with van der Waals surface area (Å²) in [4.78, 5) is 18.8. The molecule has 26 heavy (non-hydrogen) atoms. The highest BCUT2D eigenvalue weighted by atomic mass is 16.5. The number of piperidine rings is 1. The van der Waals surface area contributed by atoms with Crippen molar-refractivity contribution in [1.29, 1.82) is 0 Å². The number of carbonyl (C=O) groups is 1. The molecular weight excluding hydrogens is 326 g/mol. The summed E-state index contributed by atoms with van der Waals surface area (Å²) < 4.78 is 5.93. The van der Waals surface area contributed by atoms with Crippen LogP contribution in [0.4, 0.5) is 0 Å². The molecule has 0 saturated carbocycles. The van der Waals surface area contributed by atoms with Crippen molar-refractivity contribution in [3.63, 3.8) is 0 Å². The Hall–Kier alpha value is -2.66. The highest BCUT2D eigenvalue weighted by Gasteiger charge is 2.44. The molecule has 5 heteroatoms. The van der Waals surface area contributed by atoms with Crippen LogP contribution in [0.1, 0.15) is 29.5 Å². The van der Waals surface area contributed by atoms with Gasteiger partial charge < -0.3 is 15.4 Å². The molecule has 0 aliphatic carbocycles. The van der Waals surface area contributed by atoms with Crippen LogP contribution in [-0.4, -0.2) is 35.5 Å². The van der Waals surface area contributed by atoms with Crippen molar-refractivity contribution in [2.24, 2.45) is 5.73 Å². The number of hydrogen-bond acceptors (Lipinski definition) is 4. The molecule has 5 nitrogen and oxygen atoms in total. The van der Waals surface area contributed by atoms with E-state index in [1.165, 1.54) is 5.56 Å². The molecule has 0 radical (unpaired) electrons. The van der Waals surface area contributed by atoms with Crippen molar-refractivity contribution in [2.75, 3.05) is 19.7 Å². The van der Waals surface area contributed by atoms with Crippen LogP contribution < -0.4 is 10.5 Å². The SMILES string of the molecule is C=C(C(=O)N1CCC2(CC1)COc1ccc(CN)cc12)c1cccnc1. The van der Waals surface area contributed by atoms with Crippen molar-refractivity contribution in [3.05, 3.63) is 66.0 Å². The van der Waals surface area contributed by atoms with Gasteiger partial charge in [0.25, 0.3) is 5.91 Å². The van der Waals surface area contributed by atoms with E-state index < -0.39 is 0 Å². The third kappa shape index (κ3) is 2.78. The lowest BCUT2D eigenvalue weighted by molar-refractivity contribution is -0.126. The predicted octanol–water partition coefficient (Wildman–Crippen LogP) is 2.51. The van der Waals surface area contributed by atoms with Gasteiger partial charge in [0, 0.05) is 54.1 Å². The Morgan fingerprint density at radius 1 is 1.31 bits per heavy atom. The van der Waals surface area contributed by atoms with E-state index in [0.717, 1.165) is 29.7 Å². The van der Waals surface area contributed by atoms with E-state index in [-0.39, 0.29) is 11.3 Å². The standard InChI is InChI=1S/C21H23N3O2/c1-15(17-3-2-8-23-13-17)20(25)24-9-6-21(7-10-24)14-26-19-5-4-16(12-22)11-18(19)21/h2-5,8,11,13H,1,6-7,9-10,12,14,22H2. The van der Waals surface area contributed by atoms with E-state index in [0.29, 0.717) is 31.8 Å². The molecule has 1 aromatic heterocycles. The molecule has 1 saturated heterocycles. The Balaban J connectivity index is 1.49. The first-order chi connectivity index (χ1) is 12.6. The number of carbonyl (C=O) groups excluding carboxylic acids is 1. The molecule has 2 aromatic rings. The highest BCUT2D eigenvalue weighted by molar-refractivity contribution is 6.18. The van der Waals surface area contributed by atoms with Gasteiger partial charge >= 0.3 is 0 Å². The number of pyridine rings is 1. The van der Waals surface area contributed by atoms with Gasteiger partial charge in [-0.2, -0.15) is 0 Å². The Labute approximate surface area is 153 Å². The Morgan fingerprint density at radius 3 is 2.81 bits per heavy atom. The number of ether oxygens (including phenoxy) is 1. The molecule has 2 aliphatic rings. The minimum atomic E-state index is -0.0114. The Morgan fingerprint density at radius 2 is 2.12 bits per heavy atom. The van der Waals surface area contributed by atoms with Crippen LogP contribution >= 0.6 is 0 Å². The maximum Gasteiger partial charge on any atom is 0.253 e. The Bertz CT molecular complexity index is 840. The number of rotatable bonds is 3. The number of likely N-dealkylation sites (tertiary alicyclic amines) is 1. The monoisotopic (exact) mass is 349 g/mol. The lowest BCUT2D eigenvalue weighted by Crippen LogP contribution is -2.46. The summed E-state index contributed by atoms with van der Waals surface area (Å²) >= 11 is 0. The van der Waals surface area contributed by atoms with Gasteiger partial charge in [0.2, 0.25) is 0 Å².